The summed E-state index contributed by atoms with van der Waals surface area (Å²) >= 11 is 0. The normalized spacial score (nSPS) is 13.8. The quantitative estimate of drug-likeness (QED) is 0.432. The summed E-state index contributed by atoms with van der Waals surface area (Å²) in [6, 6.07) is 12.6. The molecule has 1 aliphatic rings. The Morgan fingerprint density at radius 1 is 1.13 bits per heavy atom. The van der Waals surface area contributed by atoms with Crippen molar-refractivity contribution in [2.75, 3.05) is 11.9 Å². The summed E-state index contributed by atoms with van der Waals surface area (Å²) in [4.78, 5) is 34.4. The second-order valence-corrected chi connectivity index (χ2v) is 7.18. The molecule has 8 nitrogen and oxygen atoms in total. The van der Waals surface area contributed by atoms with E-state index < -0.39 is 23.4 Å². The van der Waals surface area contributed by atoms with E-state index >= 15 is 0 Å². The fraction of sp³-hybridized carbons (Fsp3) is 0.318. The van der Waals surface area contributed by atoms with Crippen molar-refractivity contribution in [1.29, 1.82) is 5.26 Å². The third-order valence-electron chi connectivity index (χ3n) is 5.17. The summed E-state index contributed by atoms with van der Waals surface area (Å²) < 4.78 is 5.04. The third-order valence-corrected chi connectivity index (χ3v) is 5.17. The highest BCUT2D eigenvalue weighted by Gasteiger charge is 2.17. The van der Waals surface area contributed by atoms with E-state index in [1.54, 1.807) is 18.2 Å². The van der Waals surface area contributed by atoms with Crippen molar-refractivity contribution in [3.63, 3.8) is 0 Å². The van der Waals surface area contributed by atoms with Crippen molar-refractivity contribution in [2.45, 2.75) is 38.0 Å². The number of amides is 1. The van der Waals surface area contributed by atoms with Gasteiger partial charge in [0.15, 0.2) is 6.61 Å². The molecule has 0 aromatic heterocycles. The van der Waals surface area contributed by atoms with Gasteiger partial charge in [-0.3, -0.25) is 14.9 Å². The number of non-ortho nitro benzene ring substituents is 1. The molecule has 0 radical (unpaired) electrons. The molecule has 3 rings (SSSR count). The maximum absolute atomic E-state index is 12.2. The van der Waals surface area contributed by atoms with Crippen molar-refractivity contribution in [2.24, 2.45) is 0 Å². The van der Waals surface area contributed by atoms with Gasteiger partial charge in [0.1, 0.15) is 6.07 Å². The molecule has 1 amide bonds. The van der Waals surface area contributed by atoms with Crippen molar-refractivity contribution >= 4 is 23.3 Å². The number of nitro benzene ring substituents is 1. The van der Waals surface area contributed by atoms with Gasteiger partial charge in [0.05, 0.1) is 21.7 Å². The summed E-state index contributed by atoms with van der Waals surface area (Å²) in [7, 11) is 0. The number of anilines is 1. The number of carbonyl (C=O) groups is 2. The molecule has 0 spiro atoms. The van der Waals surface area contributed by atoms with Gasteiger partial charge < -0.3 is 10.1 Å². The molecule has 154 valence electrons. The number of hydrogen-bond donors (Lipinski definition) is 1. The number of esters is 1. The lowest BCUT2D eigenvalue weighted by molar-refractivity contribution is -0.384. The Labute approximate surface area is 173 Å². The number of carbonyl (C=O) groups excluding carboxylic acids is 2. The second kappa shape index (κ2) is 9.65. The van der Waals surface area contributed by atoms with Crippen LogP contribution >= 0.6 is 0 Å². The Hall–Kier alpha value is -3.73. The van der Waals surface area contributed by atoms with E-state index in [9.17, 15) is 19.7 Å². The monoisotopic (exact) mass is 407 g/mol. The lowest BCUT2D eigenvalue weighted by atomic mass is 9.84. The predicted molar refractivity (Wildman–Crippen MR) is 109 cm³/mol. The minimum absolute atomic E-state index is 0.0535. The van der Waals surface area contributed by atoms with Crippen LogP contribution in [0.4, 0.5) is 11.4 Å². The number of ether oxygens (including phenoxy) is 1. The van der Waals surface area contributed by atoms with Crippen LogP contribution in [-0.4, -0.2) is 23.4 Å². The van der Waals surface area contributed by atoms with E-state index in [0.717, 1.165) is 18.9 Å². The standard InChI is InChI=1S/C22H21N3O5/c23-13-18-12-19(25(28)29)10-11-20(18)24-21(26)14-30-22(27)17-8-6-16(7-9-17)15-4-2-1-3-5-15/h6-12,15H,1-5,14H2,(H,24,26). The number of nitriles is 1. The fourth-order valence-electron chi connectivity index (χ4n) is 3.58. The fourth-order valence-corrected chi connectivity index (χ4v) is 3.58. The van der Waals surface area contributed by atoms with Crippen LogP contribution < -0.4 is 5.32 Å². The van der Waals surface area contributed by atoms with Gasteiger partial charge in [-0.05, 0) is 42.5 Å². The van der Waals surface area contributed by atoms with Crippen LogP contribution in [-0.2, 0) is 9.53 Å². The molecule has 0 unspecified atom stereocenters. The molecule has 1 N–H and O–H groups in total. The van der Waals surface area contributed by atoms with Crippen LogP contribution in [0.2, 0.25) is 0 Å². The first-order valence-corrected chi connectivity index (χ1v) is 9.73. The van der Waals surface area contributed by atoms with E-state index in [2.05, 4.69) is 5.32 Å². The molecule has 0 heterocycles. The van der Waals surface area contributed by atoms with Gasteiger partial charge in [-0.1, -0.05) is 31.4 Å². The molecule has 0 aliphatic heterocycles. The second-order valence-electron chi connectivity index (χ2n) is 7.18. The molecular weight excluding hydrogens is 386 g/mol. The van der Waals surface area contributed by atoms with Crippen LogP contribution in [0.25, 0.3) is 0 Å². The Morgan fingerprint density at radius 2 is 1.83 bits per heavy atom. The zero-order valence-corrected chi connectivity index (χ0v) is 16.3. The van der Waals surface area contributed by atoms with Gasteiger partial charge in [-0.15, -0.1) is 0 Å². The van der Waals surface area contributed by atoms with E-state index in [0.29, 0.717) is 11.5 Å². The topological polar surface area (TPSA) is 122 Å². The zero-order valence-electron chi connectivity index (χ0n) is 16.3. The Balaban J connectivity index is 1.55. The molecule has 0 bridgehead atoms. The number of nitrogens with zero attached hydrogens (tertiary/aromatic N) is 2. The molecule has 8 heteroatoms. The molecule has 1 saturated carbocycles. The highest BCUT2D eigenvalue weighted by Crippen LogP contribution is 2.32. The van der Waals surface area contributed by atoms with Gasteiger partial charge in [0, 0.05) is 12.1 Å². The summed E-state index contributed by atoms with van der Waals surface area (Å²) in [5.74, 6) is -0.734. The van der Waals surface area contributed by atoms with Crippen LogP contribution in [0.5, 0.6) is 0 Å². The highest BCUT2D eigenvalue weighted by molar-refractivity contribution is 5.96. The first kappa shape index (κ1) is 21.0. The van der Waals surface area contributed by atoms with E-state index in [1.165, 1.54) is 37.0 Å². The van der Waals surface area contributed by atoms with Crippen LogP contribution in [0, 0.1) is 21.4 Å². The lowest BCUT2D eigenvalue weighted by Gasteiger charge is -2.21. The Morgan fingerprint density at radius 3 is 2.47 bits per heavy atom. The SMILES string of the molecule is N#Cc1cc([N+](=O)[O-])ccc1NC(=O)COC(=O)c1ccc(C2CCCCC2)cc1. The smallest absolute Gasteiger partial charge is 0.338 e. The van der Waals surface area contributed by atoms with Crippen LogP contribution in [0.1, 0.15) is 59.5 Å². The number of hydrogen-bond acceptors (Lipinski definition) is 6. The first-order valence-electron chi connectivity index (χ1n) is 9.73. The number of nitrogens with one attached hydrogen (secondary N) is 1. The Kier molecular flexibility index (Phi) is 6.75. The molecule has 1 aliphatic carbocycles. The van der Waals surface area contributed by atoms with Crippen LogP contribution in [0.3, 0.4) is 0 Å². The first-order chi connectivity index (χ1) is 14.5. The maximum Gasteiger partial charge on any atom is 0.338 e. The average Bonchev–Trinajstić information content (AvgIpc) is 2.78. The third kappa shape index (κ3) is 5.20. The van der Waals surface area contributed by atoms with Gasteiger partial charge in [0.2, 0.25) is 0 Å². The summed E-state index contributed by atoms with van der Waals surface area (Å²) in [5, 5.41) is 22.3. The summed E-state index contributed by atoms with van der Waals surface area (Å²) in [6.45, 7) is -0.537. The molecular formula is C22H21N3O5. The van der Waals surface area contributed by atoms with Crippen molar-refractivity contribution in [1.82, 2.24) is 0 Å². The number of nitro groups is 1. The minimum Gasteiger partial charge on any atom is -0.452 e. The van der Waals surface area contributed by atoms with Gasteiger partial charge >= 0.3 is 5.97 Å². The summed E-state index contributed by atoms with van der Waals surface area (Å²) in [6.07, 6.45) is 6.06. The van der Waals surface area contributed by atoms with E-state index in [-0.39, 0.29) is 16.9 Å². The molecule has 2 aromatic rings. The van der Waals surface area contributed by atoms with E-state index in [1.807, 2.05) is 12.1 Å². The molecule has 1 fully saturated rings. The van der Waals surface area contributed by atoms with Crippen molar-refractivity contribution in [3.8, 4) is 6.07 Å². The molecule has 30 heavy (non-hydrogen) atoms. The lowest BCUT2D eigenvalue weighted by Crippen LogP contribution is -2.21. The van der Waals surface area contributed by atoms with Gasteiger partial charge in [0.25, 0.3) is 11.6 Å². The largest absolute Gasteiger partial charge is 0.452 e. The van der Waals surface area contributed by atoms with Crippen molar-refractivity contribution < 1.29 is 19.2 Å². The molecule has 2 aromatic carbocycles. The zero-order chi connectivity index (χ0) is 21.5. The van der Waals surface area contributed by atoms with Crippen LogP contribution in [0.15, 0.2) is 42.5 Å². The van der Waals surface area contributed by atoms with Crippen molar-refractivity contribution in [3.05, 3.63) is 69.3 Å². The number of benzene rings is 2. The van der Waals surface area contributed by atoms with E-state index in [4.69, 9.17) is 10.00 Å². The molecule has 0 saturated heterocycles. The maximum atomic E-state index is 12.2. The number of rotatable bonds is 6. The average molecular weight is 407 g/mol. The van der Waals surface area contributed by atoms with Gasteiger partial charge in [-0.2, -0.15) is 5.26 Å². The predicted octanol–water partition coefficient (Wildman–Crippen LogP) is 4.31. The van der Waals surface area contributed by atoms with Gasteiger partial charge in [-0.25, -0.2) is 4.79 Å². The minimum atomic E-state index is -0.646. The summed E-state index contributed by atoms with van der Waals surface area (Å²) in [5.41, 5.74) is 1.37. The highest BCUT2D eigenvalue weighted by atomic mass is 16.6. The molecule has 0 atom stereocenters. The Bertz CT molecular complexity index is 989.